The molecule has 2 aromatic rings. The largest absolute Gasteiger partial charge is 0.349 e. The SMILES string of the molecule is Cc1ccc(-c2c(C(=O)NC3CCN(C)CC3)csc2C)cc1. The summed E-state index contributed by atoms with van der Waals surface area (Å²) in [6.45, 7) is 6.28. The molecule has 3 nitrogen and oxygen atoms in total. The van der Waals surface area contributed by atoms with Crippen LogP contribution in [0.4, 0.5) is 0 Å². The molecule has 1 saturated heterocycles. The van der Waals surface area contributed by atoms with Gasteiger partial charge in [0, 0.05) is 21.9 Å². The lowest BCUT2D eigenvalue weighted by atomic mass is 9.99. The van der Waals surface area contributed by atoms with Crippen LogP contribution in [0.2, 0.25) is 0 Å². The van der Waals surface area contributed by atoms with Crippen LogP contribution in [0.3, 0.4) is 0 Å². The van der Waals surface area contributed by atoms with Crippen molar-refractivity contribution in [3.05, 3.63) is 45.6 Å². The minimum atomic E-state index is 0.0690. The Morgan fingerprint density at radius 3 is 2.48 bits per heavy atom. The second-order valence-electron chi connectivity index (χ2n) is 6.50. The number of amides is 1. The van der Waals surface area contributed by atoms with Crippen LogP contribution in [0.1, 0.15) is 33.6 Å². The van der Waals surface area contributed by atoms with E-state index >= 15 is 0 Å². The maximum atomic E-state index is 12.8. The topological polar surface area (TPSA) is 32.3 Å². The highest BCUT2D eigenvalue weighted by Crippen LogP contribution is 2.32. The highest BCUT2D eigenvalue weighted by molar-refractivity contribution is 7.10. The van der Waals surface area contributed by atoms with Gasteiger partial charge >= 0.3 is 0 Å². The van der Waals surface area contributed by atoms with Crippen molar-refractivity contribution in [2.45, 2.75) is 32.7 Å². The maximum Gasteiger partial charge on any atom is 0.252 e. The number of thiophene rings is 1. The average molecular weight is 328 g/mol. The third-order valence-electron chi connectivity index (χ3n) is 4.61. The van der Waals surface area contributed by atoms with E-state index in [0.29, 0.717) is 6.04 Å². The van der Waals surface area contributed by atoms with Gasteiger partial charge in [0.05, 0.1) is 5.56 Å². The minimum Gasteiger partial charge on any atom is -0.349 e. The predicted octanol–water partition coefficient (Wildman–Crippen LogP) is 3.86. The van der Waals surface area contributed by atoms with Crippen LogP contribution in [0.5, 0.6) is 0 Å². The number of nitrogens with one attached hydrogen (secondary N) is 1. The highest BCUT2D eigenvalue weighted by Gasteiger charge is 2.22. The van der Waals surface area contributed by atoms with E-state index in [1.807, 2.05) is 5.38 Å². The van der Waals surface area contributed by atoms with Crippen LogP contribution in [0, 0.1) is 13.8 Å². The van der Waals surface area contributed by atoms with E-state index in [9.17, 15) is 4.79 Å². The Labute approximate surface area is 142 Å². The van der Waals surface area contributed by atoms with Crippen molar-refractivity contribution in [3.63, 3.8) is 0 Å². The third-order valence-corrected chi connectivity index (χ3v) is 5.52. The summed E-state index contributed by atoms with van der Waals surface area (Å²) in [5.41, 5.74) is 4.26. The lowest BCUT2D eigenvalue weighted by Crippen LogP contribution is -2.43. The molecule has 0 radical (unpaired) electrons. The van der Waals surface area contributed by atoms with Crippen molar-refractivity contribution in [1.82, 2.24) is 10.2 Å². The molecule has 3 rings (SSSR count). The Kier molecular flexibility index (Phi) is 4.83. The molecule has 0 bridgehead atoms. The lowest BCUT2D eigenvalue weighted by Gasteiger charge is -2.29. The van der Waals surface area contributed by atoms with Gasteiger partial charge in [-0.2, -0.15) is 0 Å². The molecule has 1 aromatic heterocycles. The number of carbonyl (C=O) groups is 1. The zero-order valence-electron chi connectivity index (χ0n) is 14.1. The zero-order valence-corrected chi connectivity index (χ0v) is 14.9. The average Bonchev–Trinajstić information content (AvgIpc) is 2.92. The lowest BCUT2D eigenvalue weighted by molar-refractivity contribution is 0.0918. The Morgan fingerprint density at radius 2 is 1.83 bits per heavy atom. The Hall–Kier alpha value is -1.65. The molecule has 0 spiro atoms. The molecular weight excluding hydrogens is 304 g/mol. The first kappa shape index (κ1) is 16.2. The van der Waals surface area contributed by atoms with Gasteiger partial charge < -0.3 is 10.2 Å². The van der Waals surface area contributed by atoms with E-state index in [0.717, 1.165) is 42.6 Å². The van der Waals surface area contributed by atoms with Crippen LogP contribution in [0.25, 0.3) is 11.1 Å². The van der Waals surface area contributed by atoms with Gasteiger partial charge in [0.15, 0.2) is 0 Å². The number of hydrogen-bond acceptors (Lipinski definition) is 3. The Balaban J connectivity index is 1.80. The van der Waals surface area contributed by atoms with Crippen LogP contribution < -0.4 is 5.32 Å². The summed E-state index contributed by atoms with van der Waals surface area (Å²) in [5.74, 6) is 0.0690. The molecule has 1 aromatic carbocycles. The van der Waals surface area contributed by atoms with E-state index in [-0.39, 0.29) is 5.91 Å². The van der Waals surface area contributed by atoms with E-state index < -0.39 is 0 Å². The molecule has 0 atom stereocenters. The quantitative estimate of drug-likeness (QED) is 0.928. The first-order valence-electron chi connectivity index (χ1n) is 8.19. The van der Waals surface area contributed by atoms with Crippen LogP contribution in [-0.4, -0.2) is 37.0 Å². The first-order valence-corrected chi connectivity index (χ1v) is 9.07. The summed E-state index contributed by atoms with van der Waals surface area (Å²) >= 11 is 1.65. The van der Waals surface area contributed by atoms with E-state index in [1.165, 1.54) is 10.4 Å². The van der Waals surface area contributed by atoms with Crippen LogP contribution in [-0.2, 0) is 0 Å². The monoisotopic (exact) mass is 328 g/mol. The van der Waals surface area contributed by atoms with Gasteiger partial charge in [-0.05, 0) is 52.4 Å². The van der Waals surface area contributed by atoms with E-state index in [2.05, 4.69) is 55.4 Å². The summed E-state index contributed by atoms with van der Waals surface area (Å²) in [4.78, 5) is 16.3. The van der Waals surface area contributed by atoms with Gasteiger partial charge in [-0.15, -0.1) is 11.3 Å². The van der Waals surface area contributed by atoms with Crippen molar-refractivity contribution in [2.75, 3.05) is 20.1 Å². The normalized spacial score (nSPS) is 16.5. The number of nitrogens with zero attached hydrogens (tertiary/aromatic N) is 1. The van der Waals surface area contributed by atoms with Crippen LogP contribution in [0.15, 0.2) is 29.6 Å². The van der Waals surface area contributed by atoms with Gasteiger partial charge in [0.2, 0.25) is 0 Å². The molecule has 4 heteroatoms. The maximum absolute atomic E-state index is 12.8. The highest BCUT2D eigenvalue weighted by atomic mass is 32.1. The summed E-state index contributed by atoms with van der Waals surface area (Å²) in [6, 6.07) is 8.72. The molecule has 1 amide bonds. The summed E-state index contributed by atoms with van der Waals surface area (Å²) in [7, 11) is 2.13. The molecule has 2 heterocycles. The fraction of sp³-hybridized carbons (Fsp3) is 0.421. The standard InChI is InChI=1S/C19H24N2OS/c1-13-4-6-15(7-5-13)18-14(2)23-12-17(18)19(22)20-16-8-10-21(3)11-9-16/h4-7,12,16H,8-11H2,1-3H3,(H,20,22). The molecular formula is C19H24N2OS. The fourth-order valence-corrected chi connectivity index (χ4v) is 3.98. The molecule has 0 aliphatic carbocycles. The fourth-order valence-electron chi connectivity index (χ4n) is 3.12. The molecule has 23 heavy (non-hydrogen) atoms. The first-order chi connectivity index (χ1) is 11.0. The summed E-state index contributed by atoms with van der Waals surface area (Å²) in [6.07, 6.45) is 2.07. The summed E-state index contributed by atoms with van der Waals surface area (Å²) in [5, 5.41) is 5.23. The van der Waals surface area contributed by atoms with Crippen molar-refractivity contribution >= 4 is 17.2 Å². The van der Waals surface area contributed by atoms with E-state index in [1.54, 1.807) is 11.3 Å². The van der Waals surface area contributed by atoms with Crippen molar-refractivity contribution in [2.24, 2.45) is 0 Å². The molecule has 1 fully saturated rings. The van der Waals surface area contributed by atoms with Gasteiger partial charge in [0.1, 0.15) is 0 Å². The molecule has 0 saturated carbocycles. The van der Waals surface area contributed by atoms with Gasteiger partial charge in [-0.3, -0.25) is 4.79 Å². The Morgan fingerprint density at radius 1 is 1.17 bits per heavy atom. The Bertz CT molecular complexity index is 682. The van der Waals surface area contributed by atoms with Gasteiger partial charge in [-0.1, -0.05) is 29.8 Å². The smallest absolute Gasteiger partial charge is 0.252 e. The zero-order chi connectivity index (χ0) is 16.4. The number of piperidine rings is 1. The number of rotatable bonds is 3. The number of benzene rings is 1. The second-order valence-corrected chi connectivity index (χ2v) is 7.58. The van der Waals surface area contributed by atoms with Crippen molar-refractivity contribution < 1.29 is 4.79 Å². The van der Waals surface area contributed by atoms with E-state index in [4.69, 9.17) is 0 Å². The predicted molar refractivity (Wildman–Crippen MR) is 97.2 cm³/mol. The van der Waals surface area contributed by atoms with Gasteiger partial charge in [0.25, 0.3) is 5.91 Å². The second kappa shape index (κ2) is 6.85. The van der Waals surface area contributed by atoms with Gasteiger partial charge in [-0.25, -0.2) is 0 Å². The molecule has 1 aliphatic heterocycles. The number of hydrogen-bond donors (Lipinski definition) is 1. The molecule has 122 valence electrons. The molecule has 0 unspecified atom stereocenters. The summed E-state index contributed by atoms with van der Waals surface area (Å²) < 4.78 is 0. The minimum absolute atomic E-state index is 0.0690. The number of aryl methyl sites for hydroxylation is 2. The third kappa shape index (κ3) is 3.65. The number of likely N-dealkylation sites (tertiary alicyclic amines) is 1. The van der Waals surface area contributed by atoms with Crippen molar-refractivity contribution in [3.8, 4) is 11.1 Å². The number of carbonyl (C=O) groups excluding carboxylic acids is 1. The van der Waals surface area contributed by atoms with Crippen LogP contribution >= 0.6 is 11.3 Å². The molecule has 1 N–H and O–H groups in total. The molecule has 1 aliphatic rings. The van der Waals surface area contributed by atoms with Crippen molar-refractivity contribution in [1.29, 1.82) is 0 Å².